The van der Waals surface area contributed by atoms with Crippen LogP contribution in [-0.2, 0) is 6.42 Å². The molecule has 0 aliphatic carbocycles. The number of carboxylic acid groups (broad SMARTS) is 1. The van der Waals surface area contributed by atoms with E-state index in [1.54, 1.807) is 0 Å². The van der Waals surface area contributed by atoms with Crippen molar-refractivity contribution in [2.24, 2.45) is 0 Å². The number of likely N-dealkylation sites (N-methyl/N-ethyl adjacent to an activating group) is 1. The van der Waals surface area contributed by atoms with Crippen molar-refractivity contribution < 1.29 is 9.90 Å². The van der Waals surface area contributed by atoms with Crippen LogP contribution in [0, 0.1) is 0 Å². The summed E-state index contributed by atoms with van der Waals surface area (Å²) < 4.78 is 0. The Labute approximate surface area is 153 Å². The van der Waals surface area contributed by atoms with Crippen molar-refractivity contribution in [3.05, 3.63) is 51.8 Å². The summed E-state index contributed by atoms with van der Waals surface area (Å²) in [5.74, 6) is -1.20. The molecule has 0 amide bonds. The minimum atomic E-state index is -1.20. The van der Waals surface area contributed by atoms with Gasteiger partial charge in [-0.05, 0) is 56.3 Å². The first kappa shape index (κ1) is 18.2. The van der Waals surface area contributed by atoms with Gasteiger partial charge in [0, 0.05) is 24.8 Å². The van der Waals surface area contributed by atoms with Gasteiger partial charge in [0.2, 0.25) is 0 Å². The Morgan fingerprint density at radius 3 is 2.54 bits per heavy atom. The van der Waals surface area contributed by atoms with Gasteiger partial charge in [0.1, 0.15) is 5.56 Å². The normalized spacial score (nSPS) is 17.1. The molecule has 1 aliphatic heterocycles. The van der Waals surface area contributed by atoms with Crippen molar-refractivity contribution in [3.8, 4) is 11.3 Å². The smallest absolute Gasteiger partial charge is 0.341 e. The van der Waals surface area contributed by atoms with Gasteiger partial charge in [-0.2, -0.15) is 0 Å². The number of carboxylic acids is 1. The summed E-state index contributed by atoms with van der Waals surface area (Å²) in [5.41, 5.74) is 2.80. The fraction of sp³-hybridized carbons (Fsp3) is 0.400. The molecule has 2 aromatic rings. The molecule has 0 bridgehead atoms. The number of nitrogens with one attached hydrogen (secondary N) is 1. The zero-order chi connectivity index (χ0) is 18.8. The van der Waals surface area contributed by atoms with E-state index >= 15 is 0 Å². The molecule has 1 aromatic heterocycles. The monoisotopic (exact) mass is 355 g/mol. The predicted octanol–water partition coefficient (Wildman–Crippen LogP) is 2.44. The highest BCUT2D eigenvalue weighted by molar-refractivity contribution is 5.88. The fourth-order valence-corrected chi connectivity index (χ4v) is 3.51. The summed E-state index contributed by atoms with van der Waals surface area (Å²) >= 11 is 0. The molecular weight excluding hydrogens is 330 g/mol. The molecule has 1 aromatic carbocycles. The molecule has 1 aliphatic rings. The molecule has 6 heteroatoms. The number of hydrogen-bond acceptors (Lipinski definition) is 4. The molecule has 2 heterocycles. The molecule has 1 fully saturated rings. The molecule has 1 unspecified atom stereocenters. The minimum absolute atomic E-state index is 0.214. The first-order valence-corrected chi connectivity index (χ1v) is 8.92. The molecule has 0 spiro atoms. The average Bonchev–Trinajstić information content (AvgIpc) is 3.12. The van der Waals surface area contributed by atoms with E-state index in [1.807, 2.05) is 19.1 Å². The van der Waals surface area contributed by atoms with Crippen LogP contribution in [0.2, 0.25) is 0 Å². The maximum atomic E-state index is 12.0. The van der Waals surface area contributed by atoms with Crippen LogP contribution in [0.5, 0.6) is 0 Å². The Bertz CT molecular complexity index is 856. The number of aryl methyl sites for hydroxylation is 1. The molecule has 0 radical (unpaired) electrons. The lowest BCUT2D eigenvalue weighted by Crippen LogP contribution is -2.31. The van der Waals surface area contributed by atoms with Crippen molar-refractivity contribution in [1.29, 1.82) is 0 Å². The molecule has 3 rings (SSSR count). The van der Waals surface area contributed by atoms with E-state index in [0.717, 1.165) is 30.6 Å². The number of pyridine rings is 1. The standard InChI is InChI=1S/C20H25N3O3/c1-4-13-11-17(20(25)26)19(24)21-18(13)14-5-7-15(8-6-14)23-10-9-16(12-23)22(2)3/h5-8,11,16H,4,9-10,12H2,1-3H3,(H,21,24)(H,25,26). The second-order valence-electron chi connectivity index (χ2n) is 6.97. The Morgan fingerprint density at radius 1 is 1.31 bits per heavy atom. The zero-order valence-corrected chi connectivity index (χ0v) is 15.5. The van der Waals surface area contributed by atoms with E-state index in [1.165, 1.54) is 11.8 Å². The number of anilines is 1. The lowest BCUT2D eigenvalue weighted by atomic mass is 10.0. The first-order valence-electron chi connectivity index (χ1n) is 8.92. The minimum Gasteiger partial charge on any atom is -0.477 e. The SMILES string of the molecule is CCc1cc(C(=O)O)c(=O)[nH]c1-c1ccc(N2CCC(N(C)C)C2)cc1. The van der Waals surface area contributed by atoms with E-state index in [9.17, 15) is 9.59 Å². The molecule has 1 atom stereocenters. The third kappa shape index (κ3) is 3.51. The summed E-state index contributed by atoms with van der Waals surface area (Å²) in [4.78, 5) is 30.6. The lowest BCUT2D eigenvalue weighted by Gasteiger charge is -2.22. The van der Waals surface area contributed by atoms with Gasteiger partial charge < -0.3 is 19.9 Å². The van der Waals surface area contributed by atoms with Gasteiger partial charge in [-0.15, -0.1) is 0 Å². The number of rotatable bonds is 5. The van der Waals surface area contributed by atoms with Crippen LogP contribution in [0.4, 0.5) is 5.69 Å². The molecular formula is C20H25N3O3. The number of hydrogen-bond donors (Lipinski definition) is 2. The largest absolute Gasteiger partial charge is 0.477 e. The van der Waals surface area contributed by atoms with Crippen LogP contribution in [0.25, 0.3) is 11.3 Å². The van der Waals surface area contributed by atoms with Gasteiger partial charge in [-0.3, -0.25) is 4.79 Å². The number of benzene rings is 1. The second-order valence-corrected chi connectivity index (χ2v) is 6.97. The maximum absolute atomic E-state index is 12.0. The number of aromatic amines is 1. The Hall–Kier alpha value is -2.60. The number of aromatic nitrogens is 1. The molecule has 26 heavy (non-hydrogen) atoms. The highest BCUT2D eigenvalue weighted by Crippen LogP contribution is 2.27. The Kier molecular flexibility index (Phi) is 5.13. The molecule has 0 saturated carbocycles. The van der Waals surface area contributed by atoms with Crippen LogP contribution in [0.3, 0.4) is 0 Å². The van der Waals surface area contributed by atoms with Crippen molar-refractivity contribution in [2.45, 2.75) is 25.8 Å². The van der Waals surface area contributed by atoms with Gasteiger partial charge in [0.15, 0.2) is 0 Å². The molecule has 1 saturated heterocycles. The summed E-state index contributed by atoms with van der Waals surface area (Å²) in [7, 11) is 4.22. The predicted molar refractivity (Wildman–Crippen MR) is 103 cm³/mol. The fourth-order valence-electron chi connectivity index (χ4n) is 3.51. The molecule has 138 valence electrons. The number of nitrogens with zero attached hydrogens (tertiary/aromatic N) is 2. The zero-order valence-electron chi connectivity index (χ0n) is 15.5. The maximum Gasteiger partial charge on any atom is 0.341 e. The summed E-state index contributed by atoms with van der Waals surface area (Å²) in [5, 5.41) is 9.14. The Morgan fingerprint density at radius 2 is 2.00 bits per heavy atom. The van der Waals surface area contributed by atoms with Gasteiger partial charge in [-0.1, -0.05) is 19.1 Å². The van der Waals surface area contributed by atoms with Crippen LogP contribution >= 0.6 is 0 Å². The number of carbonyl (C=O) groups is 1. The van der Waals surface area contributed by atoms with E-state index in [4.69, 9.17) is 5.11 Å². The Balaban J connectivity index is 1.88. The number of aromatic carboxylic acids is 1. The van der Waals surface area contributed by atoms with Crippen molar-refractivity contribution >= 4 is 11.7 Å². The van der Waals surface area contributed by atoms with E-state index in [2.05, 4.69) is 41.0 Å². The van der Waals surface area contributed by atoms with Crippen LogP contribution < -0.4 is 10.5 Å². The van der Waals surface area contributed by atoms with Gasteiger partial charge in [-0.25, -0.2) is 4.79 Å². The first-order chi connectivity index (χ1) is 12.4. The summed E-state index contributed by atoms with van der Waals surface area (Å²) in [6.45, 7) is 3.99. The van der Waals surface area contributed by atoms with Crippen molar-refractivity contribution in [2.75, 3.05) is 32.1 Å². The van der Waals surface area contributed by atoms with Gasteiger partial charge in [0.05, 0.1) is 5.69 Å². The lowest BCUT2D eigenvalue weighted by molar-refractivity contribution is 0.0695. The average molecular weight is 355 g/mol. The van der Waals surface area contributed by atoms with Crippen LogP contribution in [-0.4, -0.2) is 54.2 Å². The summed E-state index contributed by atoms with van der Waals surface area (Å²) in [6.07, 6.45) is 1.80. The second kappa shape index (κ2) is 7.33. The highest BCUT2D eigenvalue weighted by atomic mass is 16.4. The molecule has 6 nitrogen and oxygen atoms in total. The highest BCUT2D eigenvalue weighted by Gasteiger charge is 2.24. The van der Waals surface area contributed by atoms with E-state index < -0.39 is 11.5 Å². The summed E-state index contributed by atoms with van der Waals surface area (Å²) in [6, 6.07) is 10.2. The quantitative estimate of drug-likeness (QED) is 0.861. The van der Waals surface area contributed by atoms with Gasteiger partial charge in [0.25, 0.3) is 5.56 Å². The van der Waals surface area contributed by atoms with E-state index in [-0.39, 0.29) is 5.56 Å². The third-order valence-corrected chi connectivity index (χ3v) is 5.15. The third-order valence-electron chi connectivity index (χ3n) is 5.15. The van der Waals surface area contributed by atoms with E-state index in [0.29, 0.717) is 18.2 Å². The van der Waals surface area contributed by atoms with Crippen LogP contribution in [0.1, 0.15) is 29.3 Å². The molecule has 2 N–H and O–H groups in total. The number of H-pyrrole nitrogens is 1. The van der Waals surface area contributed by atoms with Crippen LogP contribution in [0.15, 0.2) is 35.1 Å². The van der Waals surface area contributed by atoms with Gasteiger partial charge >= 0.3 is 5.97 Å². The van der Waals surface area contributed by atoms with Crippen molar-refractivity contribution in [1.82, 2.24) is 9.88 Å². The van der Waals surface area contributed by atoms with Crippen molar-refractivity contribution in [3.63, 3.8) is 0 Å². The topological polar surface area (TPSA) is 76.6 Å².